The molecule has 2 aromatic rings. The maximum atomic E-state index is 13.2. The molecule has 0 bridgehead atoms. The number of methoxy groups -OCH3 is 1. The third kappa shape index (κ3) is 2.56. The second-order valence-corrected chi connectivity index (χ2v) is 7.58. The lowest BCUT2D eigenvalue weighted by Gasteiger charge is -2.40. The molecule has 0 fully saturated rings. The number of aromatic hydroxyl groups is 2. The summed E-state index contributed by atoms with van der Waals surface area (Å²) in [6.07, 6.45) is -4.13. The van der Waals surface area contributed by atoms with Crippen LogP contribution in [0.25, 0.3) is 0 Å². The van der Waals surface area contributed by atoms with Crippen LogP contribution in [0.3, 0.4) is 0 Å². The van der Waals surface area contributed by atoms with E-state index in [9.17, 15) is 40.2 Å². The van der Waals surface area contributed by atoms with Crippen molar-refractivity contribution in [3.05, 3.63) is 51.6 Å². The van der Waals surface area contributed by atoms with E-state index in [0.717, 1.165) is 0 Å². The van der Waals surface area contributed by atoms with Gasteiger partial charge in [-0.25, -0.2) is 0 Å². The highest BCUT2D eigenvalue weighted by atomic mass is 16.5. The fraction of sp³-hybridized carbons (Fsp3) is 0.333. The van der Waals surface area contributed by atoms with Crippen molar-refractivity contribution in [1.29, 1.82) is 0 Å². The second kappa shape index (κ2) is 6.78. The average molecular weight is 416 g/mol. The Balaban J connectivity index is 1.99. The minimum Gasteiger partial charge on any atom is -0.507 e. The van der Waals surface area contributed by atoms with Gasteiger partial charge in [-0.1, -0.05) is 12.1 Å². The summed E-state index contributed by atoms with van der Waals surface area (Å²) < 4.78 is 5.17. The maximum Gasteiger partial charge on any atom is 0.202 e. The maximum absolute atomic E-state index is 13.2. The predicted octanol–water partition coefficient (Wildman–Crippen LogP) is -0.0543. The average Bonchev–Trinajstić information content (AvgIpc) is 2.72. The van der Waals surface area contributed by atoms with E-state index in [2.05, 4.69) is 0 Å². The largest absolute Gasteiger partial charge is 0.507 e. The number of phenolic OH excluding ortho intramolecular Hbond substituents is 2. The molecule has 0 radical (unpaired) electrons. The van der Waals surface area contributed by atoms with Gasteiger partial charge in [-0.3, -0.25) is 9.59 Å². The van der Waals surface area contributed by atoms with E-state index in [4.69, 9.17) is 4.74 Å². The number of rotatable bonds is 3. The van der Waals surface area contributed by atoms with E-state index < -0.39 is 71.4 Å². The molecule has 30 heavy (non-hydrogen) atoms. The lowest BCUT2D eigenvalue weighted by Crippen LogP contribution is -2.50. The Labute approximate surface area is 170 Å². The summed E-state index contributed by atoms with van der Waals surface area (Å²) in [6.45, 7) is -0.805. The fourth-order valence-electron chi connectivity index (χ4n) is 4.40. The van der Waals surface area contributed by atoms with Crippen LogP contribution in [0, 0.1) is 0 Å². The normalized spacial score (nSPS) is 23.4. The lowest BCUT2D eigenvalue weighted by molar-refractivity contribution is -0.122. The summed E-state index contributed by atoms with van der Waals surface area (Å²) in [4.78, 5) is 26.3. The topological polar surface area (TPSA) is 165 Å². The molecule has 158 valence electrons. The molecular formula is C21H20O9. The van der Waals surface area contributed by atoms with E-state index in [1.807, 2.05) is 0 Å². The number of ketones is 2. The first-order valence-electron chi connectivity index (χ1n) is 9.22. The van der Waals surface area contributed by atoms with Crippen LogP contribution in [0.1, 0.15) is 55.5 Å². The Kier molecular flexibility index (Phi) is 4.59. The number of hydrogen-bond donors (Lipinski definition) is 6. The van der Waals surface area contributed by atoms with Crippen LogP contribution in [0.2, 0.25) is 0 Å². The number of aliphatic hydroxyl groups excluding tert-OH is 3. The lowest BCUT2D eigenvalue weighted by atomic mass is 9.71. The van der Waals surface area contributed by atoms with Gasteiger partial charge in [-0.2, -0.15) is 0 Å². The zero-order chi connectivity index (χ0) is 22.0. The highest BCUT2D eigenvalue weighted by Crippen LogP contribution is 2.51. The number of phenols is 2. The van der Waals surface area contributed by atoms with Gasteiger partial charge >= 0.3 is 0 Å². The fourth-order valence-corrected chi connectivity index (χ4v) is 4.40. The number of fused-ring (bicyclic) bond motifs is 3. The number of carbonyl (C=O) groups is 2. The summed E-state index contributed by atoms with van der Waals surface area (Å²) in [5, 5.41) is 62.1. The van der Waals surface area contributed by atoms with Crippen LogP contribution in [-0.2, 0) is 6.42 Å². The number of hydrogen-bond acceptors (Lipinski definition) is 9. The summed E-state index contributed by atoms with van der Waals surface area (Å²) in [7, 11) is 1.32. The van der Waals surface area contributed by atoms with Crippen LogP contribution in [0.4, 0.5) is 0 Å². The van der Waals surface area contributed by atoms with Crippen molar-refractivity contribution in [2.75, 3.05) is 13.7 Å². The molecule has 2 aliphatic rings. The van der Waals surface area contributed by atoms with Crippen molar-refractivity contribution in [1.82, 2.24) is 0 Å². The summed E-state index contributed by atoms with van der Waals surface area (Å²) in [5.41, 5.74) is -3.39. The summed E-state index contributed by atoms with van der Waals surface area (Å²) in [5.74, 6) is -2.72. The molecule has 0 heterocycles. The standard InChI is InChI=1S/C21H20O9/c1-30-11-4-2-3-8-14(11)20(28)16-15(17(8)25)18(26)9-5-21(29,12(24)7-22)6-10(23)13(9)19(16)27/h2-4,10,12,22-24,26-27,29H,5-7H2,1H3/t10?,12?,21-/m0/s1. The van der Waals surface area contributed by atoms with Gasteiger partial charge in [0.2, 0.25) is 5.78 Å². The first-order valence-corrected chi connectivity index (χ1v) is 9.22. The van der Waals surface area contributed by atoms with Crippen molar-refractivity contribution >= 4 is 11.6 Å². The molecular weight excluding hydrogens is 396 g/mol. The molecule has 9 nitrogen and oxygen atoms in total. The Hall–Kier alpha value is -2.98. The van der Waals surface area contributed by atoms with Crippen LogP contribution in [-0.4, -0.2) is 67.6 Å². The third-order valence-electron chi connectivity index (χ3n) is 5.92. The quantitative estimate of drug-likeness (QED) is 0.321. The van der Waals surface area contributed by atoms with Crippen molar-refractivity contribution in [2.45, 2.75) is 30.7 Å². The van der Waals surface area contributed by atoms with Gasteiger partial charge in [0, 0.05) is 29.5 Å². The van der Waals surface area contributed by atoms with E-state index >= 15 is 0 Å². The molecule has 2 aliphatic carbocycles. The summed E-state index contributed by atoms with van der Waals surface area (Å²) in [6, 6.07) is 4.37. The molecule has 0 saturated carbocycles. The molecule has 3 atom stereocenters. The Morgan fingerprint density at radius 1 is 1.13 bits per heavy atom. The monoisotopic (exact) mass is 416 g/mol. The smallest absolute Gasteiger partial charge is 0.202 e. The van der Waals surface area contributed by atoms with Gasteiger partial charge in [0.15, 0.2) is 5.78 Å². The summed E-state index contributed by atoms with van der Waals surface area (Å²) >= 11 is 0. The van der Waals surface area contributed by atoms with Crippen LogP contribution >= 0.6 is 0 Å². The highest BCUT2D eigenvalue weighted by Gasteiger charge is 2.48. The van der Waals surface area contributed by atoms with Crippen molar-refractivity contribution in [3.63, 3.8) is 0 Å². The molecule has 6 N–H and O–H groups in total. The van der Waals surface area contributed by atoms with Gasteiger partial charge in [-0.15, -0.1) is 0 Å². The Bertz CT molecular complexity index is 1090. The van der Waals surface area contributed by atoms with Crippen molar-refractivity contribution in [2.24, 2.45) is 0 Å². The SMILES string of the molecule is COc1cccc2c1C(=O)c1c(O)c3c(c(O)c1C2=O)C[C@@](O)(C(O)CO)CC3O. The van der Waals surface area contributed by atoms with Gasteiger partial charge in [0.25, 0.3) is 0 Å². The minimum atomic E-state index is -2.01. The molecule has 0 aromatic heterocycles. The van der Waals surface area contributed by atoms with Gasteiger partial charge in [0.05, 0.1) is 42.1 Å². The van der Waals surface area contributed by atoms with Crippen molar-refractivity contribution < 1.29 is 45.0 Å². The molecule has 9 heteroatoms. The number of aliphatic hydroxyl groups is 4. The molecule has 0 aliphatic heterocycles. The zero-order valence-corrected chi connectivity index (χ0v) is 15.9. The Morgan fingerprint density at radius 3 is 2.43 bits per heavy atom. The molecule has 0 saturated heterocycles. The van der Waals surface area contributed by atoms with Gasteiger partial charge < -0.3 is 35.4 Å². The molecule has 0 spiro atoms. The van der Waals surface area contributed by atoms with Crippen LogP contribution in [0.5, 0.6) is 17.2 Å². The first kappa shape index (κ1) is 20.3. The van der Waals surface area contributed by atoms with E-state index in [0.29, 0.717) is 0 Å². The highest BCUT2D eigenvalue weighted by molar-refractivity contribution is 6.31. The minimum absolute atomic E-state index is 0.0245. The zero-order valence-electron chi connectivity index (χ0n) is 15.9. The van der Waals surface area contributed by atoms with Crippen LogP contribution in [0.15, 0.2) is 18.2 Å². The number of benzene rings is 2. The predicted molar refractivity (Wildman–Crippen MR) is 101 cm³/mol. The molecule has 2 unspecified atom stereocenters. The molecule has 2 aromatic carbocycles. The Morgan fingerprint density at radius 2 is 1.80 bits per heavy atom. The van der Waals surface area contributed by atoms with Crippen molar-refractivity contribution in [3.8, 4) is 17.2 Å². The third-order valence-corrected chi connectivity index (χ3v) is 5.92. The van der Waals surface area contributed by atoms with E-state index in [1.54, 1.807) is 0 Å². The molecule has 0 amide bonds. The van der Waals surface area contributed by atoms with Crippen LogP contribution < -0.4 is 4.74 Å². The number of ether oxygens (including phenoxy) is 1. The van der Waals surface area contributed by atoms with E-state index in [1.165, 1.54) is 25.3 Å². The first-order chi connectivity index (χ1) is 14.2. The molecule has 4 rings (SSSR count). The van der Waals surface area contributed by atoms with Gasteiger partial charge in [0.1, 0.15) is 23.4 Å². The van der Waals surface area contributed by atoms with E-state index in [-0.39, 0.29) is 28.0 Å². The number of carbonyl (C=O) groups excluding carboxylic acids is 2. The van der Waals surface area contributed by atoms with Gasteiger partial charge in [-0.05, 0) is 6.07 Å². The second-order valence-electron chi connectivity index (χ2n) is 7.58.